The van der Waals surface area contributed by atoms with Crippen LogP contribution in [0.25, 0.3) is 0 Å². The molecule has 0 spiro atoms. The molecule has 0 aliphatic carbocycles. The second kappa shape index (κ2) is 5.20. The first-order valence-corrected chi connectivity index (χ1v) is 5.69. The van der Waals surface area contributed by atoms with Crippen molar-refractivity contribution in [2.75, 3.05) is 6.54 Å². The van der Waals surface area contributed by atoms with E-state index in [1.807, 2.05) is 0 Å². The molecule has 1 heterocycles. The van der Waals surface area contributed by atoms with Gasteiger partial charge in [0.05, 0.1) is 18.3 Å². The molecule has 6 heteroatoms. The highest BCUT2D eigenvalue weighted by molar-refractivity contribution is 5.99. The number of alkyl carbamates (subject to hydrolysis) is 1. The Morgan fingerprint density at radius 2 is 2.06 bits per heavy atom. The number of ether oxygens (including phenoxy) is 1. The molecule has 100 valence electrons. The number of aryl methyl sites for hydroxylation is 1. The molecule has 0 aromatic carbocycles. The first-order chi connectivity index (χ1) is 8.20. The van der Waals surface area contributed by atoms with Crippen molar-refractivity contribution in [2.45, 2.75) is 33.3 Å². The van der Waals surface area contributed by atoms with Crippen LogP contribution >= 0.6 is 0 Å². The molecule has 1 aromatic rings. The van der Waals surface area contributed by atoms with E-state index in [0.717, 1.165) is 5.69 Å². The lowest BCUT2D eigenvalue weighted by molar-refractivity contribution is 0.0520. The van der Waals surface area contributed by atoms with E-state index >= 15 is 0 Å². The number of Topliss-reactive ketones (excluding diaryl/α,β-unsaturated/α-hetero) is 1. The summed E-state index contributed by atoms with van der Waals surface area (Å²) in [5, 5.41) is 6.40. The molecular formula is C12H19N3O3. The lowest BCUT2D eigenvalue weighted by atomic mass is 10.2. The Hall–Kier alpha value is -1.85. The van der Waals surface area contributed by atoms with Crippen LogP contribution in [0.2, 0.25) is 0 Å². The number of carbonyl (C=O) groups excluding carboxylic acids is 2. The van der Waals surface area contributed by atoms with Crippen LogP contribution in [0, 0.1) is 6.92 Å². The van der Waals surface area contributed by atoms with Crippen LogP contribution in [0.3, 0.4) is 0 Å². The molecule has 1 N–H and O–H groups in total. The standard InChI is InChI=1S/C12H19N3O3/c1-8-9(6-14-15(8)5)10(16)7-13-11(17)18-12(2,3)4/h6H,7H2,1-5H3,(H,13,17). The summed E-state index contributed by atoms with van der Waals surface area (Å²) in [6.45, 7) is 6.99. The van der Waals surface area contributed by atoms with Crippen molar-refractivity contribution in [2.24, 2.45) is 7.05 Å². The summed E-state index contributed by atoms with van der Waals surface area (Å²) in [6.07, 6.45) is 0.895. The Balaban J connectivity index is 2.52. The zero-order valence-electron chi connectivity index (χ0n) is 11.4. The van der Waals surface area contributed by atoms with E-state index in [1.165, 1.54) is 6.20 Å². The van der Waals surface area contributed by atoms with E-state index in [1.54, 1.807) is 39.4 Å². The maximum atomic E-state index is 11.8. The van der Waals surface area contributed by atoms with E-state index in [-0.39, 0.29) is 12.3 Å². The molecule has 6 nitrogen and oxygen atoms in total. The molecule has 0 aliphatic heterocycles. The van der Waals surface area contributed by atoms with Gasteiger partial charge in [0.25, 0.3) is 0 Å². The van der Waals surface area contributed by atoms with Gasteiger partial charge in [0.1, 0.15) is 5.60 Å². The summed E-state index contributed by atoms with van der Waals surface area (Å²) in [4.78, 5) is 23.2. The maximum Gasteiger partial charge on any atom is 0.408 e. The number of aromatic nitrogens is 2. The van der Waals surface area contributed by atoms with Crippen LogP contribution in [-0.2, 0) is 11.8 Å². The molecule has 1 rings (SSSR count). The van der Waals surface area contributed by atoms with Crippen molar-refractivity contribution in [3.8, 4) is 0 Å². The van der Waals surface area contributed by atoms with Gasteiger partial charge in [0.15, 0.2) is 5.78 Å². The maximum absolute atomic E-state index is 11.8. The third kappa shape index (κ3) is 3.87. The minimum Gasteiger partial charge on any atom is -0.444 e. The summed E-state index contributed by atoms with van der Waals surface area (Å²) in [7, 11) is 1.76. The molecule has 0 atom stereocenters. The number of nitrogens with one attached hydrogen (secondary N) is 1. The Morgan fingerprint density at radius 3 is 2.50 bits per heavy atom. The number of carbonyl (C=O) groups is 2. The Morgan fingerprint density at radius 1 is 1.44 bits per heavy atom. The fraction of sp³-hybridized carbons (Fsp3) is 0.583. The van der Waals surface area contributed by atoms with Crippen LogP contribution in [0.5, 0.6) is 0 Å². The highest BCUT2D eigenvalue weighted by Crippen LogP contribution is 2.08. The fourth-order valence-electron chi connectivity index (χ4n) is 1.33. The lowest BCUT2D eigenvalue weighted by Gasteiger charge is -2.19. The number of ketones is 1. The summed E-state index contributed by atoms with van der Waals surface area (Å²) in [5.74, 6) is -0.188. The molecular weight excluding hydrogens is 234 g/mol. The van der Waals surface area contributed by atoms with Crippen molar-refractivity contribution in [1.82, 2.24) is 15.1 Å². The first-order valence-electron chi connectivity index (χ1n) is 5.69. The lowest BCUT2D eigenvalue weighted by Crippen LogP contribution is -2.35. The van der Waals surface area contributed by atoms with Gasteiger partial charge in [-0.05, 0) is 27.7 Å². The first kappa shape index (κ1) is 14.2. The second-order valence-corrected chi connectivity index (χ2v) is 5.05. The van der Waals surface area contributed by atoms with Gasteiger partial charge in [0, 0.05) is 12.7 Å². The summed E-state index contributed by atoms with van der Waals surface area (Å²) in [6, 6.07) is 0. The van der Waals surface area contributed by atoms with Gasteiger partial charge >= 0.3 is 6.09 Å². The highest BCUT2D eigenvalue weighted by Gasteiger charge is 2.18. The van der Waals surface area contributed by atoms with E-state index in [9.17, 15) is 9.59 Å². The average molecular weight is 253 g/mol. The zero-order chi connectivity index (χ0) is 13.9. The predicted molar refractivity (Wildman–Crippen MR) is 66.5 cm³/mol. The van der Waals surface area contributed by atoms with Gasteiger partial charge in [0.2, 0.25) is 0 Å². The SMILES string of the molecule is Cc1c(C(=O)CNC(=O)OC(C)(C)C)cnn1C. The van der Waals surface area contributed by atoms with Crippen molar-refractivity contribution >= 4 is 11.9 Å². The van der Waals surface area contributed by atoms with Gasteiger partial charge < -0.3 is 10.1 Å². The number of rotatable bonds is 3. The minimum atomic E-state index is -0.600. The van der Waals surface area contributed by atoms with Gasteiger partial charge in [-0.2, -0.15) is 5.10 Å². The third-order valence-electron chi connectivity index (χ3n) is 2.33. The molecule has 0 radical (unpaired) electrons. The third-order valence-corrected chi connectivity index (χ3v) is 2.33. The Kier molecular flexibility index (Phi) is 4.11. The second-order valence-electron chi connectivity index (χ2n) is 5.05. The van der Waals surface area contributed by atoms with Crippen LogP contribution in [0.4, 0.5) is 4.79 Å². The molecule has 0 aliphatic rings. The molecule has 0 fully saturated rings. The Bertz CT molecular complexity index is 458. The number of hydrogen-bond acceptors (Lipinski definition) is 4. The van der Waals surface area contributed by atoms with Crippen molar-refractivity contribution in [3.63, 3.8) is 0 Å². The molecule has 1 aromatic heterocycles. The van der Waals surface area contributed by atoms with Crippen molar-refractivity contribution in [1.29, 1.82) is 0 Å². The quantitative estimate of drug-likeness (QED) is 0.827. The van der Waals surface area contributed by atoms with Gasteiger partial charge in [-0.1, -0.05) is 0 Å². The van der Waals surface area contributed by atoms with E-state index in [0.29, 0.717) is 5.56 Å². The molecule has 0 bridgehead atoms. The van der Waals surface area contributed by atoms with Crippen LogP contribution in [-0.4, -0.2) is 33.8 Å². The molecule has 0 saturated carbocycles. The fourth-order valence-corrected chi connectivity index (χ4v) is 1.33. The van der Waals surface area contributed by atoms with Crippen LogP contribution in [0.1, 0.15) is 36.8 Å². The molecule has 18 heavy (non-hydrogen) atoms. The molecule has 0 saturated heterocycles. The number of nitrogens with zero attached hydrogens (tertiary/aromatic N) is 2. The highest BCUT2D eigenvalue weighted by atomic mass is 16.6. The molecule has 1 amide bonds. The van der Waals surface area contributed by atoms with Crippen molar-refractivity contribution < 1.29 is 14.3 Å². The number of hydrogen-bond donors (Lipinski definition) is 1. The smallest absolute Gasteiger partial charge is 0.408 e. The van der Waals surface area contributed by atoms with E-state index < -0.39 is 11.7 Å². The van der Waals surface area contributed by atoms with Crippen LogP contribution in [0.15, 0.2) is 6.20 Å². The Labute approximate surface area is 106 Å². The zero-order valence-corrected chi connectivity index (χ0v) is 11.4. The molecule has 0 unspecified atom stereocenters. The van der Waals surface area contributed by atoms with Gasteiger partial charge in [-0.3, -0.25) is 9.48 Å². The van der Waals surface area contributed by atoms with Crippen molar-refractivity contribution in [3.05, 3.63) is 17.5 Å². The number of amides is 1. The largest absolute Gasteiger partial charge is 0.444 e. The van der Waals surface area contributed by atoms with Crippen LogP contribution < -0.4 is 5.32 Å². The van der Waals surface area contributed by atoms with Gasteiger partial charge in [-0.15, -0.1) is 0 Å². The monoisotopic (exact) mass is 253 g/mol. The summed E-state index contributed by atoms with van der Waals surface area (Å²) >= 11 is 0. The summed E-state index contributed by atoms with van der Waals surface area (Å²) in [5.41, 5.74) is 0.705. The average Bonchev–Trinajstić information content (AvgIpc) is 2.54. The topological polar surface area (TPSA) is 73.2 Å². The normalized spacial score (nSPS) is 11.2. The minimum absolute atomic E-state index is 0.0958. The van der Waals surface area contributed by atoms with E-state index in [4.69, 9.17) is 4.74 Å². The van der Waals surface area contributed by atoms with E-state index in [2.05, 4.69) is 10.4 Å². The summed E-state index contributed by atoms with van der Waals surface area (Å²) < 4.78 is 6.65. The van der Waals surface area contributed by atoms with Gasteiger partial charge in [-0.25, -0.2) is 4.79 Å². The predicted octanol–water partition coefficient (Wildman–Crippen LogP) is 1.44.